The lowest BCUT2D eigenvalue weighted by atomic mass is 9.61. The van der Waals surface area contributed by atoms with Crippen LogP contribution in [0.25, 0.3) is 11.1 Å². The van der Waals surface area contributed by atoms with Crippen molar-refractivity contribution in [1.29, 1.82) is 0 Å². The molecule has 0 amide bonds. The van der Waals surface area contributed by atoms with Crippen LogP contribution >= 0.6 is 0 Å². The molecule has 2 aliphatic rings. The van der Waals surface area contributed by atoms with Crippen LogP contribution in [0.2, 0.25) is 0 Å². The van der Waals surface area contributed by atoms with Crippen molar-refractivity contribution in [2.75, 3.05) is 10.2 Å². The van der Waals surface area contributed by atoms with Crippen molar-refractivity contribution in [2.45, 2.75) is 155 Å². The largest absolute Gasteiger partial charge is 0.355 e. The highest BCUT2D eigenvalue weighted by Crippen LogP contribution is 2.53. The Hall–Kier alpha value is -3.52. The Morgan fingerprint density at radius 3 is 1.84 bits per heavy atom. The SMILES string of the molecule is CCC(C)N(c1cc(Nc2ccc3c(c2)C(C)(C)CCC3(C)C)cc(C(C)(C)C)c1)c1ccc2c(c1-c1ccccc1)C(C)(C)CCC2(C)C. The van der Waals surface area contributed by atoms with Crippen LogP contribution in [0, 0.1) is 0 Å². The highest BCUT2D eigenvalue weighted by atomic mass is 15.2. The van der Waals surface area contributed by atoms with Crippen LogP contribution in [0.15, 0.2) is 78.9 Å². The number of nitrogens with one attached hydrogen (secondary N) is 1. The Morgan fingerprint density at radius 2 is 1.22 bits per heavy atom. The van der Waals surface area contributed by atoms with E-state index in [9.17, 15) is 0 Å². The molecule has 0 saturated carbocycles. The van der Waals surface area contributed by atoms with Gasteiger partial charge < -0.3 is 10.2 Å². The average molecular weight is 669 g/mol. The Kier molecular flexibility index (Phi) is 9.15. The van der Waals surface area contributed by atoms with Crippen LogP contribution < -0.4 is 10.2 Å². The third-order valence-corrected chi connectivity index (χ3v) is 12.5. The quantitative estimate of drug-likeness (QED) is 0.211. The maximum atomic E-state index is 3.93. The zero-order chi connectivity index (χ0) is 36.4. The van der Waals surface area contributed by atoms with Crippen LogP contribution in [0.3, 0.4) is 0 Å². The molecule has 1 unspecified atom stereocenters. The first kappa shape index (κ1) is 36.3. The van der Waals surface area contributed by atoms with Crippen molar-refractivity contribution in [1.82, 2.24) is 0 Å². The first-order valence-electron chi connectivity index (χ1n) is 19.4. The fraction of sp³-hybridized carbons (Fsp3) is 0.500. The molecule has 0 aliphatic heterocycles. The predicted octanol–water partition coefficient (Wildman–Crippen LogP) is 14.0. The number of hydrogen-bond acceptors (Lipinski definition) is 2. The minimum atomic E-state index is -0.0143. The second-order valence-corrected chi connectivity index (χ2v) is 19.3. The fourth-order valence-corrected chi connectivity index (χ4v) is 8.74. The van der Waals surface area contributed by atoms with Gasteiger partial charge in [0, 0.05) is 34.4 Å². The lowest BCUT2D eigenvalue weighted by Crippen LogP contribution is -2.36. The first-order chi connectivity index (χ1) is 23.2. The summed E-state index contributed by atoms with van der Waals surface area (Å²) in [7, 11) is 0. The molecule has 0 aromatic heterocycles. The molecule has 266 valence electrons. The topological polar surface area (TPSA) is 15.3 Å². The summed E-state index contributed by atoms with van der Waals surface area (Å²) in [6.45, 7) is 31.2. The van der Waals surface area contributed by atoms with Crippen molar-refractivity contribution in [2.24, 2.45) is 0 Å². The van der Waals surface area contributed by atoms with E-state index in [1.54, 1.807) is 0 Å². The molecule has 0 saturated heterocycles. The van der Waals surface area contributed by atoms with Gasteiger partial charge in [-0.25, -0.2) is 0 Å². The van der Waals surface area contributed by atoms with E-state index in [2.05, 4.69) is 179 Å². The summed E-state index contributed by atoms with van der Waals surface area (Å²) in [6.07, 6.45) is 5.86. The van der Waals surface area contributed by atoms with E-state index in [0.29, 0.717) is 6.04 Å². The van der Waals surface area contributed by atoms with E-state index < -0.39 is 0 Å². The van der Waals surface area contributed by atoms with Gasteiger partial charge in [-0.3, -0.25) is 0 Å². The zero-order valence-corrected chi connectivity index (χ0v) is 33.6. The third-order valence-electron chi connectivity index (χ3n) is 12.5. The number of benzene rings is 4. The van der Waals surface area contributed by atoms with Gasteiger partial charge in [-0.15, -0.1) is 0 Å². The third kappa shape index (κ3) is 6.65. The molecule has 6 rings (SSSR count). The number of anilines is 4. The Labute approximate surface area is 305 Å². The van der Waals surface area contributed by atoms with Gasteiger partial charge >= 0.3 is 0 Å². The van der Waals surface area contributed by atoms with Gasteiger partial charge in [0.25, 0.3) is 0 Å². The molecule has 2 aliphatic carbocycles. The minimum absolute atomic E-state index is 0.0143. The summed E-state index contributed by atoms with van der Waals surface area (Å²) >= 11 is 0. The lowest BCUT2D eigenvalue weighted by Gasteiger charge is -2.45. The number of nitrogens with zero attached hydrogens (tertiary/aromatic N) is 1. The molecule has 4 aromatic carbocycles. The molecule has 0 radical (unpaired) electrons. The van der Waals surface area contributed by atoms with Gasteiger partial charge in [-0.1, -0.05) is 126 Å². The second kappa shape index (κ2) is 12.6. The highest BCUT2D eigenvalue weighted by molar-refractivity contribution is 5.88. The minimum Gasteiger partial charge on any atom is -0.355 e. The maximum absolute atomic E-state index is 3.93. The van der Waals surface area contributed by atoms with Crippen molar-refractivity contribution in [3.63, 3.8) is 0 Å². The van der Waals surface area contributed by atoms with Gasteiger partial charge in [0.1, 0.15) is 0 Å². The standard InChI is InChI=1S/C48H64N2/c1-14-32(2)50(41-23-22-39-43(42(41)33-18-16-15-17-19-33)48(12,13)27-26-46(39,8)9)37-29-34(44(3,4)5)28-36(30-37)49-35-20-21-38-40(31-35)47(10,11)25-24-45(38,6)7/h15-23,28-32,49H,14,24-27H2,1-13H3. The second-order valence-electron chi connectivity index (χ2n) is 19.3. The number of hydrogen-bond donors (Lipinski definition) is 1. The zero-order valence-electron chi connectivity index (χ0n) is 33.6. The molecule has 0 fully saturated rings. The van der Waals surface area contributed by atoms with Gasteiger partial charge in [0.05, 0.1) is 0 Å². The van der Waals surface area contributed by atoms with Gasteiger partial charge in [0.2, 0.25) is 0 Å². The van der Waals surface area contributed by atoms with Crippen molar-refractivity contribution in [3.8, 4) is 11.1 Å². The maximum Gasteiger partial charge on any atom is 0.0496 e. The number of fused-ring (bicyclic) bond motifs is 2. The summed E-state index contributed by atoms with van der Waals surface area (Å²) < 4.78 is 0. The smallest absolute Gasteiger partial charge is 0.0496 e. The van der Waals surface area contributed by atoms with Crippen LogP contribution in [-0.2, 0) is 27.1 Å². The molecular weight excluding hydrogens is 605 g/mol. The van der Waals surface area contributed by atoms with E-state index in [1.165, 1.54) is 81.7 Å². The van der Waals surface area contributed by atoms with E-state index >= 15 is 0 Å². The molecule has 1 N–H and O–H groups in total. The van der Waals surface area contributed by atoms with Crippen LogP contribution in [0.5, 0.6) is 0 Å². The molecule has 4 aromatic rings. The van der Waals surface area contributed by atoms with Gasteiger partial charge in [0.15, 0.2) is 0 Å². The molecule has 1 atom stereocenters. The molecule has 0 heterocycles. The summed E-state index contributed by atoms with van der Waals surface area (Å²) in [4.78, 5) is 2.65. The Morgan fingerprint density at radius 1 is 0.640 bits per heavy atom. The highest BCUT2D eigenvalue weighted by Gasteiger charge is 2.41. The van der Waals surface area contributed by atoms with Gasteiger partial charge in [-0.2, -0.15) is 0 Å². The molecule has 0 spiro atoms. The molecule has 50 heavy (non-hydrogen) atoms. The molecule has 2 heteroatoms. The summed E-state index contributed by atoms with van der Waals surface area (Å²) in [5.41, 5.74) is 15.5. The van der Waals surface area contributed by atoms with E-state index in [0.717, 1.165) is 12.1 Å². The summed E-state index contributed by atoms with van der Waals surface area (Å²) in [6, 6.07) is 30.8. The Bertz CT molecular complexity index is 1860. The van der Waals surface area contributed by atoms with E-state index in [1.807, 2.05) is 0 Å². The van der Waals surface area contributed by atoms with E-state index in [-0.39, 0.29) is 27.1 Å². The van der Waals surface area contributed by atoms with Crippen LogP contribution in [-0.4, -0.2) is 6.04 Å². The van der Waals surface area contributed by atoms with E-state index in [4.69, 9.17) is 0 Å². The van der Waals surface area contributed by atoms with Crippen molar-refractivity contribution >= 4 is 22.7 Å². The molecule has 0 bridgehead atoms. The fourth-order valence-electron chi connectivity index (χ4n) is 8.74. The van der Waals surface area contributed by atoms with Crippen molar-refractivity contribution < 1.29 is 0 Å². The number of rotatable bonds is 7. The monoisotopic (exact) mass is 669 g/mol. The van der Waals surface area contributed by atoms with Crippen LogP contribution in [0.1, 0.15) is 150 Å². The molecule has 2 nitrogen and oxygen atoms in total. The first-order valence-corrected chi connectivity index (χ1v) is 19.4. The lowest BCUT2D eigenvalue weighted by molar-refractivity contribution is 0.332. The average Bonchev–Trinajstić information content (AvgIpc) is 3.05. The Balaban J connectivity index is 1.56. The van der Waals surface area contributed by atoms with Crippen molar-refractivity contribution in [3.05, 3.63) is 107 Å². The van der Waals surface area contributed by atoms with Crippen LogP contribution in [0.4, 0.5) is 22.7 Å². The summed E-state index contributed by atoms with van der Waals surface area (Å²) in [5, 5.41) is 3.93. The summed E-state index contributed by atoms with van der Waals surface area (Å²) in [5.74, 6) is 0. The normalized spacial score (nSPS) is 19.2. The molecular formula is C48H64N2. The predicted molar refractivity (Wildman–Crippen MR) is 219 cm³/mol. The van der Waals surface area contributed by atoms with Gasteiger partial charge in [-0.05, 0) is 136 Å².